The van der Waals surface area contributed by atoms with E-state index in [0.29, 0.717) is 11.3 Å². The van der Waals surface area contributed by atoms with Gasteiger partial charge in [-0.1, -0.05) is 29.4 Å². The molecule has 0 saturated heterocycles. The van der Waals surface area contributed by atoms with Crippen LogP contribution >= 0.6 is 0 Å². The Morgan fingerprint density at radius 2 is 1.91 bits per heavy atom. The number of hydrogen-bond donors (Lipinski definition) is 0. The van der Waals surface area contributed by atoms with Crippen LogP contribution in [0.4, 0.5) is 4.39 Å². The first-order valence-electron chi connectivity index (χ1n) is 7.40. The number of carbonyl (C=O) groups excluding carboxylic acids is 1. The normalized spacial score (nSPS) is 12.3. The maximum Gasteiger partial charge on any atom is 0.228 e. The maximum absolute atomic E-state index is 13.0. The zero-order valence-corrected chi connectivity index (χ0v) is 13.0. The third kappa shape index (κ3) is 3.08. The lowest BCUT2D eigenvalue weighted by atomic mass is 10.1. The monoisotopic (exact) mass is 312 g/mol. The van der Waals surface area contributed by atoms with E-state index in [-0.39, 0.29) is 24.2 Å². The van der Waals surface area contributed by atoms with Crippen molar-refractivity contribution in [1.29, 1.82) is 0 Å². The second-order valence-corrected chi connectivity index (χ2v) is 5.53. The predicted octanol–water partition coefficient (Wildman–Crippen LogP) is 3.73. The number of likely N-dealkylation sites (N-methyl/N-ethyl adjacent to an activating group) is 1. The van der Waals surface area contributed by atoms with Crippen LogP contribution in [-0.4, -0.2) is 23.0 Å². The average Bonchev–Trinajstić information content (AvgIpc) is 2.97. The molecule has 0 aliphatic carbocycles. The van der Waals surface area contributed by atoms with Crippen molar-refractivity contribution >= 4 is 16.9 Å². The van der Waals surface area contributed by atoms with E-state index >= 15 is 0 Å². The summed E-state index contributed by atoms with van der Waals surface area (Å²) in [5.41, 5.74) is 2.18. The number of hydrogen-bond acceptors (Lipinski definition) is 3. The molecule has 23 heavy (non-hydrogen) atoms. The minimum Gasteiger partial charge on any atom is -0.356 e. The Morgan fingerprint density at radius 1 is 1.22 bits per heavy atom. The Kier molecular flexibility index (Phi) is 4.10. The first kappa shape index (κ1) is 15.2. The highest BCUT2D eigenvalue weighted by atomic mass is 19.1. The van der Waals surface area contributed by atoms with E-state index in [4.69, 9.17) is 4.52 Å². The zero-order valence-electron chi connectivity index (χ0n) is 13.0. The fourth-order valence-electron chi connectivity index (χ4n) is 2.51. The van der Waals surface area contributed by atoms with Crippen molar-refractivity contribution in [3.8, 4) is 0 Å². The summed E-state index contributed by atoms with van der Waals surface area (Å²) >= 11 is 0. The number of benzene rings is 2. The van der Waals surface area contributed by atoms with Crippen molar-refractivity contribution in [2.45, 2.75) is 19.4 Å². The Morgan fingerprint density at radius 3 is 2.65 bits per heavy atom. The summed E-state index contributed by atoms with van der Waals surface area (Å²) in [5, 5.41) is 4.84. The number of para-hydroxylation sites is 1. The summed E-state index contributed by atoms with van der Waals surface area (Å²) in [6, 6.07) is 13.5. The van der Waals surface area contributed by atoms with E-state index in [2.05, 4.69) is 5.16 Å². The molecule has 2 aromatic carbocycles. The summed E-state index contributed by atoms with van der Waals surface area (Å²) < 4.78 is 18.2. The summed E-state index contributed by atoms with van der Waals surface area (Å²) in [5.74, 6) is -0.357. The minimum absolute atomic E-state index is 0.0686. The third-order valence-corrected chi connectivity index (χ3v) is 4.10. The molecule has 0 spiro atoms. The summed E-state index contributed by atoms with van der Waals surface area (Å²) in [6.45, 7) is 1.91. The lowest BCUT2D eigenvalue weighted by Crippen LogP contribution is -2.31. The van der Waals surface area contributed by atoms with E-state index in [1.165, 1.54) is 12.1 Å². The Bertz CT molecular complexity index is 826. The highest BCUT2D eigenvalue weighted by Gasteiger charge is 2.20. The van der Waals surface area contributed by atoms with Crippen molar-refractivity contribution in [2.75, 3.05) is 7.05 Å². The van der Waals surface area contributed by atoms with Gasteiger partial charge < -0.3 is 9.42 Å². The molecule has 1 unspecified atom stereocenters. The first-order chi connectivity index (χ1) is 11.1. The molecule has 5 heteroatoms. The highest BCUT2D eigenvalue weighted by Crippen LogP contribution is 2.22. The van der Waals surface area contributed by atoms with Gasteiger partial charge in [0.15, 0.2) is 5.58 Å². The van der Waals surface area contributed by atoms with Crippen LogP contribution in [0.5, 0.6) is 0 Å². The summed E-state index contributed by atoms with van der Waals surface area (Å²) in [6.07, 6.45) is 0.166. The largest absolute Gasteiger partial charge is 0.356 e. The molecule has 1 aromatic heterocycles. The van der Waals surface area contributed by atoms with Crippen molar-refractivity contribution in [3.05, 3.63) is 65.6 Å². The highest BCUT2D eigenvalue weighted by molar-refractivity contribution is 5.86. The smallest absolute Gasteiger partial charge is 0.228 e. The number of halogens is 1. The molecule has 3 rings (SSSR count). The topological polar surface area (TPSA) is 46.3 Å². The van der Waals surface area contributed by atoms with Crippen molar-refractivity contribution < 1.29 is 13.7 Å². The quantitative estimate of drug-likeness (QED) is 0.737. The van der Waals surface area contributed by atoms with Gasteiger partial charge in [0.1, 0.15) is 11.5 Å². The van der Waals surface area contributed by atoms with Gasteiger partial charge in [-0.15, -0.1) is 0 Å². The number of aromatic nitrogens is 1. The maximum atomic E-state index is 13.0. The second-order valence-electron chi connectivity index (χ2n) is 5.53. The molecule has 4 nitrogen and oxygen atoms in total. The molecule has 0 radical (unpaired) electrons. The molecule has 3 aromatic rings. The standard InChI is InChI=1S/C18H17FN2O2/c1-12(13-7-9-14(19)10-8-13)21(2)18(22)11-16-15-5-3-4-6-17(15)23-20-16/h3-10,12H,11H2,1-2H3. The number of amides is 1. The SMILES string of the molecule is CC(c1ccc(F)cc1)N(C)C(=O)Cc1noc2ccccc12. The van der Waals surface area contributed by atoms with Crippen LogP contribution in [0.25, 0.3) is 11.0 Å². The number of nitrogens with zero attached hydrogens (tertiary/aromatic N) is 2. The number of carbonyl (C=O) groups is 1. The van der Waals surface area contributed by atoms with Crippen LogP contribution in [0.3, 0.4) is 0 Å². The van der Waals surface area contributed by atoms with Gasteiger partial charge in [-0.3, -0.25) is 4.79 Å². The third-order valence-electron chi connectivity index (χ3n) is 4.10. The fraction of sp³-hybridized carbons (Fsp3) is 0.222. The van der Waals surface area contributed by atoms with Gasteiger partial charge in [0.2, 0.25) is 5.91 Å². The molecule has 118 valence electrons. The van der Waals surface area contributed by atoms with E-state index in [1.807, 2.05) is 31.2 Å². The summed E-state index contributed by atoms with van der Waals surface area (Å²) in [7, 11) is 1.73. The average molecular weight is 312 g/mol. The van der Waals surface area contributed by atoms with Crippen LogP contribution in [0.1, 0.15) is 24.2 Å². The molecule has 0 fully saturated rings. The molecule has 0 aliphatic heterocycles. The lowest BCUT2D eigenvalue weighted by Gasteiger charge is -2.25. The van der Waals surface area contributed by atoms with E-state index in [0.717, 1.165) is 10.9 Å². The number of fused-ring (bicyclic) bond motifs is 1. The van der Waals surface area contributed by atoms with Crippen LogP contribution in [-0.2, 0) is 11.2 Å². The second kappa shape index (κ2) is 6.20. The van der Waals surface area contributed by atoms with Gasteiger partial charge in [0, 0.05) is 12.4 Å². The predicted molar refractivity (Wildman–Crippen MR) is 85.3 cm³/mol. The molecule has 0 saturated carbocycles. The first-order valence-corrected chi connectivity index (χ1v) is 7.40. The van der Waals surface area contributed by atoms with Crippen LogP contribution < -0.4 is 0 Å². The molecule has 0 aliphatic rings. The molecule has 0 bridgehead atoms. The fourth-order valence-corrected chi connectivity index (χ4v) is 2.51. The van der Waals surface area contributed by atoms with Crippen LogP contribution in [0, 0.1) is 5.82 Å². The van der Waals surface area contributed by atoms with Gasteiger partial charge in [0.25, 0.3) is 0 Å². The molecular formula is C18H17FN2O2. The Balaban J connectivity index is 1.75. The van der Waals surface area contributed by atoms with Gasteiger partial charge in [-0.2, -0.15) is 0 Å². The minimum atomic E-state index is -0.288. The molecule has 1 atom stereocenters. The summed E-state index contributed by atoms with van der Waals surface area (Å²) in [4.78, 5) is 14.1. The van der Waals surface area contributed by atoms with Gasteiger partial charge >= 0.3 is 0 Å². The Labute approximate surface area is 133 Å². The van der Waals surface area contributed by atoms with Gasteiger partial charge in [0.05, 0.1) is 12.5 Å². The van der Waals surface area contributed by atoms with E-state index in [9.17, 15) is 9.18 Å². The van der Waals surface area contributed by atoms with Crippen LogP contribution in [0.15, 0.2) is 53.1 Å². The molecule has 0 N–H and O–H groups in total. The molecule has 1 heterocycles. The van der Waals surface area contributed by atoms with Gasteiger partial charge in [-0.05, 0) is 36.8 Å². The lowest BCUT2D eigenvalue weighted by molar-refractivity contribution is -0.131. The Hall–Kier alpha value is -2.69. The number of rotatable bonds is 4. The van der Waals surface area contributed by atoms with Crippen LogP contribution in [0.2, 0.25) is 0 Å². The van der Waals surface area contributed by atoms with Crippen molar-refractivity contribution in [3.63, 3.8) is 0 Å². The molecular weight excluding hydrogens is 295 g/mol. The molecule has 1 amide bonds. The van der Waals surface area contributed by atoms with Gasteiger partial charge in [-0.25, -0.2) is 4.39 Å². The van der Waals surface area contributed by atoms with E-state index in [1.54, 1.807) is 24.1 Å². The van der Waals surface area contributed by atoms with Crippen molar-refractivity contribution in [2.24, 2.45) is 0 Å². The van der Waals surface area contributed by atoms with E-state index < -0.39 is 0 Å². The van der Waals surface area contributed by atoms with Crippen molar-refractivity contribution in [1.82, 2.24) is 10.1 Å². The zero-order chi connectivity index (χ0) is 16.4.